The highest BCUT2D eigenvalue weighted by Gasteiger charge is 2.22. The molecule has 0 aromatic rings. The van der Waals surface area contributed by atoms with Crippen LogP contribution in [0, 0.1) is 11.3 Å². The fourth-order valence-corrected chi connectivity index (χ4v) is 1.54. The molecule has 0 aliphatic carbocycles. The van der Waals surface area contributed by atoms with Crippen LogP contribution >= 0.6 is 0 Å². The summed E-state index contributed by atoms with van der Waals surface area (Å²) in [6.07, 6.45) is 2.57. The number of nitriles is 1. The summed E-state index contributed by atoms with van der Waals surface area (Å²) < 4.78 is 5.49. The smallest absolute Gasteiger partial charge is 0.0927 e. The van der Waals surface area contributed by atoms with Gasteiger partial charge in [0, 0.05) is 12.6 Å². The zero-order valence-electron chi connectivity index (χ0n) is 7.71. The molecule has 0 radical (unpaired) electrons. The normalized spacial score (nSPS) is 27.9. The summed E-state index contributed by atoms with van der Waals surface area (Å²) in [6.45, 7) is 4.81. The summed E-state index contributed by atoms with van der Waals surface area (Å²) in [4.78, 5) is 0. The van der Waals surface area contributed by atoms with Gasteiger partial charge in [-0.3, -0.25) is 5.32 Å². The van der Waals surface area contributed by atoms with Crippen molar-refractivity contribution < 1.29 is 4.74 Å². The Balaban J connectivity index is 2.27. The second-order valence-electron chi connectivity index (χ2n) is 3.36. The van der Waals surface area contributed by atoms with Gasteiger partial charge in [0.15, 0.2) is 0 Å². The number of hydrogen-bond acceptors (Lipinski definition) is 3. The Kier molecular flexibility index (Phi) is 3.51. The molecule has 1 saturated heterocycles. The first kappa shape index (κ1) is 9.50. The third-order valence-electron chi connectivity index (χ3n) is 2.23. The van der Waals surface area contributed by atoms with Crippen LogP contribution < -0.4 is 5.32 Å². The molecule has 1 aliphatic heterocycles. The minimum absolute atomic E-state index is 0.0794. The van der Waals surface area contributed by atoms with Gasteiger partial charge in [-0.1, -0.05) is 0 Å². The first-order chi connectivity index (χ1) is 5.74. The van der Waals surface area contributed by atoms with Crippen molar-refractivity contribution in [2.75, 3.05) is 6.61 Å². The van der Waals surface area contributed by atoms with Gasteiger partial charge < -0.3 is 4.74 Å². The maximum atomic E-state index is 8.57. The van der Waals surface area contributed by atoms with E-state index in [1.165, 1.54) is 0 Å². The number of ether oxygens (including phenoxy) is 1. The second kappa shape index (κ2) is 4.44. The van der Waals surface area contributed by atoms with Gasteiger partial charge in [-0.25, -0.2) is 0 Å². The molecule has 3 nitrogen and oxygen atoms in total. The van der Waals surface area contributed by atoms with Crippen LogP contribution in [-0.2, 0) is 4.74 Å². The zero-order valence-corrected chi connectivity index (χ0v) is 7.71. The van der Waals surface area contributed by atoms with Crippen molar-refractivity contribution in [3.05, 3.63) is 0 Å². The van der Waals surface area contributed by atoms with Crippen LogP contribution in [-0.4, -0.2) is 24.8 Å². The third-order valence-corrected chi connectivity index (χ3v) is 2.23. The van der Waals surface area contributed by atoms with E-state index in [-0.39, 0.29) is 6.04 Å². The van der Waals surface area contributed by atoms with Crippen LogP contribution in [0.1, 0.15) is 26.7 Å². The fraction of sp³-hybridized carbons (Fsp3) is 0.889. The topological polar surface area (TPSA) is 45.0 Å². The molecule has 68 valence electrons. The Labute approximate surface area is 73.7 Å². The van der Waals surface area contributed by atoms with Gasteiger partial charge in [0.2, 0.25) is 0 Å². The summed E-state index contributed by atoms with van der Waals surface area (Å²) in [7, 11) is 0. The summed E-state index contributed by atoms with van der Waals surface area (Å²) in [6, 6.07) is 2.37. The van der Waals surface area contributed by atoms with Crippen molar-refractivity contribution in [1.29, 1.82) is 5.26 Å². The SMILES string of the molecule is CC(C#N)NC(C)C1CCCO1. The van der Waals surface area contributed by atoms with E-state index < -0.39 is 0 Å². The molecule has 3 heteroatoms. The molecule has 0 aromatic carbocycles. The second-order valence-corrected chi connectivity index (χ2v) is 3.36. The molecular weight excluding hydrogens is 152 g/mol. The van der Waals surface area contributed by atoms with Crippen molar-refractivity contribution in [3.63, 3.8) is 0 Å². The van der Waals surface area contributed by atoms with Gasteiger partial charge in [-0.05, 0) is 26.7 Å². The lowest BCUT2D eigenvalue weighted by Gasteiger charge is -2.20. The van der Waals surface area contributed by atoms with E-state index in [1.807, 2.05) is 6.92 Å². The van der Waals surface area contributed by atoms with E-state index in [2.05, 4.69) is 18.3 Å². The molecule has 0 aromatic heterocycles. The highest BCUT2D eigenvalue weighted by atomic mass is 16.5. The number of nitrogens with zero attached hydrogens (tertiary/aromatic N) is 1. The highest BCUT2D eigenvalue weighted by Crippen LogP contribution is 2.15. The minimum atomic E-state index is -0.0794. The molecule has 0 amide bonds. The standard InChI is InChI=1S/C9H16N2O/c1-7(6-10)11-8(2)9-4-3-5-12-9/h7-9,11H,3-5H2,1-2H3. The van der Waals surface area contributed by atoms with E-state index >= 15 is 0 Å². The lowest BCUT2D eigenvalue weighted by molar-refractivity contribution is 0.0823. The van der Waals surface area contributed by atoms with Crippen molar-refractivity contribution in [2.24, 2.45) is 0 Å². The van der Waals surface area contributed by atoms with Crippen molar-refractivity contribution in [3.8, 4) is 6.07 Å². The molecule has 0 saturated carbocycles. The number of hydrogen-bond donors (Lipinski definition) is 1. The molecule has 3 atom stereocenters. The first-order valence-corrected chi connectivity index (χ1v) is 4.51. The predicted octanol–water partition coefficient (Wildman–Crippen LogP) is 1.06. The van der Waals surface area contributed by atoms with Gasteiger partial charge in [-0.2, -0.15) is 5.26 Å². The number of nitrogens with one attached hydrogen (secondary N) is 1. The molecule has 3 unspecified atom stereocenters. The van der Waals surface area contributed by atoms with Gasteiger partial charge in [0.1, 0.15) is 0 Å². The van der Waals surface area contributed by atoms with Crippen LogP contribution in [0.4, 0.5) is 0 Å². The molecule has 1 rings (SSSR count). The zero-order chi connectivity index (χ0) is 8.97. The molecule has 0 spiro atoms. The van der Waals surface area contributed by atoms with Crippen molar-refractivity contribution in [2.45, 2.75) is 44.9 Å². The maximum absolute atomic E-state index is 8.57. The van der Waals surface area contributed by atoms with Crippen LogP contribution in [0.3, 0.4) is 0 Å². The van der Waals surface area contributed by atoms with E-state index in [0.717, 1.165) is 19.4 Å². The Morgan fingerprint density at radius 1 is 1.58 bits per heavy atom. The molecule has 12 heavy (non-hydrogen) atoms. The van der Waals surface area contributed by atoms with E-state index in [1.54, 1.807) is 0 Å². The van der Waals surface area contributed by atoms with Crippen LogP contribution in [0.2, 0.25) is 0 Å². The van der Waals surface area contributed by atoms with Gasteiger partial charge in [0.05, 0.1) is 18.2 Å². The van der Waals surface area contributed by atoms with Crippen molar-refractivity contribution in [1.82, 2.24) is 5.32 Å². The quantitative estimate of drug-likeness (QED) is 0.685. The molecule has 1 heterocycles. The highest BCUT2D eigenvalue weighted by molar-refractivity contribution is 4.89. The third kappa shape index (κ3) is 2.47. The summed E-state index contributed by atoms with van der Waals surface area (Å²) in [5, 5.41) is 11.8. The maximum Gasteiger partial charge on any atom is 0.0927 e. The average Bonchev–Trinajstić information content (AvgIpc) is 2.56. The van der Waals surface area contributed by atoms with Gasteiger partial charge in [0.25, 0.3) is 0 Å². The van der Waals surface area contributed by atoms with Gasteiger partial charge in [-0.15, -0.1) is 0 Å². The molecular formula is C9H16N2O. The Bertz CT molecular complexity index is 170. The summed E-state index contributed by atoms with van der Waals surface area (Å²) >= 11 is 0. The number of rotatable bonds is 3. The van der Waals surface area contributed by atoms with Crippen LogP contribution in [0.15, 0.2) is 0 Å². The average molecular weight is 168 g/mol. The lowest BCUT2D eigenvalue weighted by Crippen LogP contribution is -2.41. The van der Waals surface area contributed by atoms with E-state index in [9.17, 15) is 0 Å². The van der Waals surface area contributed by atoms with Crippen molar-refractivity contribution >= 4 is 0 Å². The van der Waals surface area contributed by atoms with Crippen LogP contribution in [0.5, 0.6) is 0 Å². The predicted molar refractivity (Wildman–Crippen MR) is 46.6 cm³/mol. The Morgan fingerprint density at radius 2 is 2.33 bits per heavy atom. The molecule has 1 N–H and O–H groups in total. The monoisotopic (exact) mass is 168 g/mol. The Hall–Kier alpha value is -0.590. The van der Waals surface area contributed by atoms with Crippen LogP contribution in [0.25, 0.3) is 0 Å². The summed E-state index contributed by atoms with van der Waals surface area (Å²) in [5.74, 6) is 0. The molecule has 0 bridgehead atoms. The minimum Gasteiger partial charge on any atom is -0.377 e. The lowest BCUT2D eigenvalue weighted by atomic mass is 10.1. The van der Waals surface area contributed by atoms with Gasteiger partial charge >= 0.3 is 0 Å². The Morgan fingerprint density at radius 3 is 2.83 bits per heavy atom. The largest absolute Gasteiger partial charge is 0.377 e. The molecule has 1 fully saturated rings. The summed E-state index contributed by atoms with van der Waals surface area (Å²) in [5.41, 5.74) is 0. The fourth-order valence-electron chi connectivity index (χ4n) is 1.54. The first-order valence-electron chi connectivity index (χ1n) is 4.51. The molecule has 1 aliphatic rings. The van der Waals surface area contributed by atoms with E-state index in [0.29, 0.717) is 12.1 Å². The van der Waals surface area contributed by atoms with E-state index in [4.69, 9.17) is 10.00 Å².